The van der Waals surface area contributed by atoms with Crippen molar-refractivity contribution >= 4 is 29.3 Å². The molecular weight excluding hydrogens is 392 g/mol. The van der Waals surface area contributed by atoms with E-state index in [2.05, 4.69) is 15.3 Å². The Kier molecular flexibility index (Phi) is 5.99. The van der Waals surface area contributed by atoms with E-state index < -0.39 is 28.5 Å². The number of para-hydroxylation sites is 1. The fraction of sp³-hybridized carbons (Fsp3) is 0.100. The molecule has 3 aromatic rings. The Morgan fingerprint density at radius 2 is 1.79 bits per heavy atom. The van der Waals surface area contributed by atoms with E-state index in [1.54, 1.807) is 55.5 Å². The van der Waals surface area contributed by atoms with Gasteiger partial charge in [0.25, 0.3) is 11.5 Å². The first-order valence-corrected chi connectivity index (χ1v) is 9.50. The van der Waals surface area contributed by atoms with E-state index in [-0.39, 0.29) is 16.3 Å². The van der Waals surface area contributed by atoms with Crippen LogP contribution in [0.4, 0.5) is 5.69 Å². The number of hydrogen-bond acceptors (Lipinski definition) is 6. The van der Waals surface area contributed by atoms with Crippen LogP contribution in [0.1, 0.15) is 17.3 Å². The van der Waals surface area contributed by atoms with Gasteiger partial charge in [0.2, 0.25) is 11.8 Å². The lowest BCUT2D eigenvalue weighted by Crippen LogP contribution is -2.25. The van der Waals surface area contributed by atoms with Gasteiger partial charge in [-0.25, -0.2) is 0 Å². The van der Waals surface area contributed by atoms with E-state index in [0.29, 0.717) is 11.3 Å². The average molecular weight is 410 g/mol. The molecule has 9 heteroatoms. The van der Waals surface area contributed by atoms with Crippen LogP contribution in [0.5, 0.6) is 5.88 Å². The quantitative estimate of drug-likeness (QED) is 0.363. The molecule has 3 rings (SSSR count). The fourth-order valence-corrected chi connectivity index (χ4v) is 3.42. The largest absolute Gasteiger partial charge is 0.493 e. The van der Waals surface area contributed by atoms with Crippen LogP contribution in [-0.2, 0) is 4.79 Å². The third-order valence-corrected chi connectivity index (χ3v) is 5.03. The number of carbonyl (C=O) groups excluding carboxylic acids is 2. The van der Waals surface area contributed by atoms with E-state index >= 15 is 0 Å². The number of carbonyl (C=O) groups is 2. The van der Waals surface area contributed by atoms with Gasteiger partial charge in [-0.3, -0.25) is 14.4 Å². The number of aromatic amines is 1. The first kappa shape index (κ1) is 20.2. The lowest BCUT2D eigenvalue weighted by Gasteiger charge is -2.13. The molecule has 0 saturated heterocycles. The molecule has 2 amide bonds. The Morgan fingerprint density at radius 1 is 1.14 bits per heavy atom. The number of anilines is 1. The Balaban J connectivity index is 1.77. The lowest BCUT2D eigenvalue weighted by molar-refractivity contribution is -0.115. The predicted octanol–water partition coefficient (Wildman–Crippen LogP) is 2.36. The predicted molar refractivity (Wildman–Crippen MR) is 111 cm³/mol. The average Bonchev–Trinajstić information content (AvgIpc) is 2.68. The number of aromatic nitrogens is 2. The van der Waals surface area contributed by atoms with Gasteiger partial charge in [0.05, 0.1) is 16.5 Å². The SMILES string of the molecule is CC(Sc1nc(O)c(-c2ccccc2)c(=O)[nH]1)C(=O)Nc1ccccc1C(N)=O. The minimum absolute atomic E-state index is 0.0578. The van der Waals surface area contributed by atoms with Gasteiger partial charge in [-0.15, -0.1) is 0 Å². The summed E-state index contributed by atoms with van der Waals surface area (Å²) in [4.78, 5) is 42.9. The van der Waals surface area contributed by atoms with E-state index in [9.17, 15) is 19.5 Å². The van der Waals surface area contributed by atoms with Crippen LogP contribution in [0, 0.1) is 0 Å². The molecule has 0 aliphatic rings. The third-order valence-electron chi connectivity index (χ3n) is 4.05. The van der Waals surface area contributed by atoms with E-state index in [1.165, 1.54) is 6.07 Å². The molecule has 0 spiro atoms. The molecule has 0 bridgehead atoms. The molecule has 1 heterocycles. The fourth-order valence-electron chi connectivity index (χ4n) is 2.62. The van der Waals surface area contributed by atoms with Gasteiger partial charge in [-0.1, -0.05) is 54.2 Å². The zero-order valence-corrected chi connectivity index (χ0v) is 16.2. The molecule has 0 radical (unpaired) electrons. The molecule has 8 nitrogen and oxygen atoms in total. The van der Waals surface area contributed by atoms with Crippen LogP contribution in [0.2, 0.25) is 0 Å². The zero-order chi connectivity index (χ0) is 21.0. The first-order chi connectivity index (χ1) is 13.9. The standard InChI is InChI=1S/C20H18N4O4S/c1-11(17(26)22-14-10-6-5-9-13(14)16(21)25)29-20-23-18(27)15(19(28)24-20)12-7-3-2-4-8-12/h2-11H,1H3,(H2,21,25)(H,22,26)(H2,23,24,27,28). The minimum Gasteiger partial charge on any atom is -0.493 e. The number of benzene rings is 2. The van der Waals surface area contributed by atoms with E-state index in [0.717, 1.165) is 11.8 Å². The maximum atomic E-state index is 12.5. The maximum absolute atomic E-state index is 12.5. The minimum atomic E-state index is -0.680. The highest BCUT2D eigenvalue weighted by Gasteiger charge is 2.20. The van der Waals surface area contributed by atoms with Crippen molar-refractivity contribution < 1.29 is 14.7 Å². The Morgan fingerprint density at radius 3 is 2.45 bits per heavy atom. The molecule has 2 aromatic carbocycles. The molecule has 1 atom stereocenters. The number of hydrogen-bond donors (Lipinski definition) is 4. The highest BCUT2D eigenvalue weighted by Crippen LogP contribution is 2.27. The Labute approximate surface area is 170 Å². The number of nitrogens with two attached hydrogens (primary N) is 1. The summed E-state index contributed by atoms with van der Waals surface area (Å²) in [6, 6.07) is 15.0. The second kappa shape index (κ2) is 8.61. The van der Waals surface area contributed by atoms with Crippen molar-refractivity contribution in [2.75, 3.05) is 5.32 Å². The number of nitrogens with zero attached hydrogens (tertiary/aromatic N) is 1. The summed E-state index contributed by atoms with van der Waals surface area (Å²) in [5.74, 6) is -1.50. The van der Waals surface area contributed by atoms with Crippen molar-refractivity contribution in [1.82, 2.24) is 9.97 Å². The summed E-state index contributed by atoms with van der Waals surface area (Å²) in [6.07, 6.45) is 0. The summed E-state index contributed by atoms with van der Waals surface area (Å²) in [6.45, 7) is 1.61. The number of rotatable bonds is 6. The van der Waals surface area contributed by atoms with Gasteiger partial charge in [0.1, 0.15) is 5.56 Å². The zero-order valence-electron chi connectivity index (χ0n) is 15.4. The monoisotopic (exact) mass is 410 g/mol. The lowest BCUT2D eigenvalue weighted by atomic mass is 10.1. The van der Waals surface area contributed by atoms with Gasteiger partial charge in [-0.2, -0.15) is 4.98 Å². The Bertz CT molecular complexity index is 1110. The van der Waals surface area contributed by atoms with Crippen LogP contribution < -0.4 is 16.6 Å². The van der Waals surface area contributed by atoms with Gasteiger partial charge in [0, 0.05) is 0 Å². The summed E-state index contributed by atoms with van der Waals surface area (Å²) < 4.78 is 0. The normalized spacial score (nSPS) is 11.6. The molecule has 0 fully saturated rings. The molecule has 1 unspecified atom stereocenters. The van der Waals surface area contributed by atoms with Gasteiger partial charge < -0.3 is 21.1 Å². The molecular formula is C20H18N4O4S. The second-order valence-corrected chi connectivity index (χ2v) is 7.42. The summed E-state index contributed by atoms with van der Waals surface area (Å²) in [7, 11) is 0. The van der Waals surface area contributed by atoms with Crippen molar-refractivity contribution in [3.05, 3.63) is 70.5 Å². The third kappa shape index (κ3) is 4.64. The van der Waals surface area contributed by atoms with Crippen molar-refractivity contribution in [2.45, 2.75) is 17.3 Å². The van der Waals surface area contributed by atoms with Crippen molar-refractivity contribution in [3.63, 3.8) is 0 Å². The molecule has 148 valence electrons. The summed E-state index contributed by atoms with van der Waals surface area (Å²) in [5, 5.41) is 12.3. The summed E-state index contributed by atoms with van der Waals surface area (Å²) >= 11 is 0.963. The van der Waals surface area contributed by atoms with E-state index in [4.69, 9.17) is 5.73 Å². The van der Waals surface area contributed by atoms with Crippen LogP contribution in [0.3, 0.4) is 0 Å². The maximum Gasteiger partial charge on any atom is 0.263 e. The second-order valence-electron chi connectivity index (χ2n) is 6.09. The number of H-pyrrole nitrogens is 1. The van der Waals surface area contributed by atoms with Crippen LogP contribution in [0.15, 0.2) is 64.5 Å². The van der Waals surface area contributed by atoms with Crippen LogP contribution in [-0.4, -0.2) is 32.1 Å². The Hall–Kier alpha value is -3.59. The summed E-state index contributed by atoms with van der Waals surface area (Å²) in [5.41, 5.74) is 5.87. The number of amides is 2. The number of aromatic hydroxyl groups is 1. The molecule has 0 saturated carbocycles. The smallest absolute Gasteiger partial charge is 0.263 e. The molecule has 0 aliphatic carbocycles. The van der Waals surface area contributed by atoms with Crippen molar-refractivity contribution in [2.24, 2.45) is 5.73 Å². The van der Waals surface area contributed by atoms with Crippen LogP contribution in [0.25, 0.3) is 11.1 Å². The van der Waals surface area contributed by atoms with Gasteiger partial charge in [-0.05, 0) is 24.6 Å². The number of nitrogens with one attached hydrogen (secondary N) is 2. The topological polar surface area (TPSA) is 138 Å². The van der Waals surface area contributed by atoms with Gasteiger partial charge >= 0.3 is 0 Å². The van der Waals surface area contributed by atoms with Crippen molar-refractivity contribution in [3.8, 4) is 17.0 Å². The molecule has 29 heavy (non-hydrogen) atoms. The van der Waals surface area contributed by atoms with E-state index in [1.807, 2.05) is 0 Å². The van der Waals surface area contributed by atoms with Gasteiger partial charge in [0.15, 0.2) is 5.16 Å². The van der Waals surface area contributed by atoms with Crippen LogP contribution >= 0.6 is 11.8 Å². The molecule has 0 aliphatic heterocycles. The van der Waals surface area contributed by atoms with Crippen molar-refractivity contribution in [1.29, 1.82) is 0 Å². The highest BCUT2D eigenvalue weighted by molar-refractivity contribution is 8.00. The molecule has 5 N–H and O–H groups in total. The number of primary amides is 1. The first-order valence-electron chi connectivity index (χ1n) is 8.62. The highest BCUT2D eigenvalue weighted by atomic mass is 32.2. The molecule has 1 aromatic heterocycles. The number of thioether (sulfide) groups is 1.